The molecule has 3 aromatic rings. The lowest BCUT2D eigenvalue weighted by atomic mass is 9.99. The Labute approximate surface area is 210 Å². The molecular formula is C27H32N6O3. The van der Waals surface area contributed by atoms with Gasteiger partial charge in [0.15, 0.2) is 11.5 Å². The van der Waals surface area contributed by atoms with E-state index in [1.165, 1.54) is 12.5 Å². The van der Waals surface area contributed by atoms with Gasteiger partial charge in [-0.25, -0.2) is 4.98 Å². The highest BCUT2D eigenvalue weighted by atomic mass is 16.5. The molecule has 2 saturated heterocycles. The largest absolute Gasteiger partial charge is 0.456 e. The number of aromatic nitrogens is 3. The highest BCUT2D eigenvalue weighted by molar-refractivity contribution is 5.95. The van der Waals surface area contributed by atoms with Crippen LogP contribution in [0.15, 0.2) is 49.2 Å². The highest BCUT2D eigenvalue weighted by Crippen LogP contribution is 2.33. The number of H-pyrrole nitrogens is 1. The van der Waals surface area contributed by atoms with Crippen LogP contribution in [0.1, 0.15) is 43.0 Å². The van der Waals surface area contributed by atoms with Crippen LogP contribution in [0.3, 0.4) is 0 Å². The predicted molar refractivity (Wildman–Crippen MR) is 138 cm³/mol. The topological polar surface area (TPSA) is 103 Å². The van der Waals surface area contributed by atoms with Gasteiger partial charge in [-0.15, -0.1) is 0 Å². The summed E-state index contributed by atoms with van der Waals surface area (Å²) in [6.45, 7) is 8.72. The maximum atomic E-state index is 12.9. The van der Waals surface area contributed by atoms with E-state index in [0.717, 1.165) is 44.3 Å². The Balaban J connectivity index is 1.31. The molecule has 36 heavy (non-hydrogen) atoms. The minimum Gasteiger partial charge on any atom is -0.456 e. The van der Waals surface area contributed by atoms with Crippen molar-refractivity contribution in [3.63, 3.8) is 0 Å². The van der Waals surface area contributed by atoms with E-state index >= 15 is 0 Å². The molecule has 2 aromatic heterocycles. The average Bonchev–Trinajstić information content (AvgIpc) is 3.32. The summed E-state index contributed by atoms with van der Waals surface area (Å²) in [4.78, 5) is 33.1. The predicted octanol–water partition coefficient (Wildman–Crippen LogP) is 4.21. The number of piperidine rings is 2. The van der Waals surface area contributed by atoms with E-state index in [9.17, 15) is 9.59 Å². The summed E-state index contributed by atoms with van der Waals surface area (Å²) >= 11 is 0. The molecule has 1 unspecified atom stereocenters. The van der Waals surface area contributed by atoms with Crippen molar-refractivity contribution in [2.24, 2.45) is 5.92 Å². The van der Waals surface area contributed by atoms with Crippen LogP contribution in [0.2, 0.25) is 0 Å². The molecule has 0 radical (unpaired) electrons. The number of aromatic amines is 1. The fourth-order valence-electron chi connectivity index (χ4n) is 5.08. The summed E-state index contributed by atoms with van der Waals surface area (Å²) in [6.07, 6.45) is 7.08. The van der Waals surface area contributed by atoms with Crippen molar-refractivity contribution in [1.82, 2.24) is 25.0 Å². The zero-order valence-electron chi connectivity index (χ0n) is 20.6. The van der Waals surface area contributed by atoms with Crippen LogP contribution in [-0.2, 0) is 4.79 Å². The molecule has 9 heteroatoms. The quantitative estimate of drug-likeness (QED) is 0.504. The Morgan fingerprint density at radius 2 is 1.89 bits per heavy atom. The van der Waals surface area contributed by atoms with Gasteiger partial charge >= 0.3 is 0 Å². The zero-order valence-corrected chi connectivity index (χ0v) is 20.6. The number of hydrogen-bond acceptors (Lipinski definition) is 6. The fourth-order valence-corrected chi connectivity index (χ4v) is 5.08. The molecule has 5 rings (SSSR count). The van der Waals surface area contributed by atoms with Gasteiger partial charge in [0, 0.05) is 50.0 Å². The van der Waals surface area contributed by atoms with E-state index in [1.54, 1.807) is 17.2 Å². The summed E-state index contributed by atoms with van der Waals surface area (Å²) in [7, 11) is 0. The normalized spacial score (nSPS) is 20.2. The second-order valence-electron chi connectivity index (χ2n) is 9.70. The summed E-state index contributed by atoms with van der Waals surface area (Å²) in [5, 5.41) is 11.6. The third-order valence-corrected chi connectivity index (χ3v) is 6.94. The lowest BCUT2D eigenvalue weighted by molar-refractivity contribution is -0.127. The van der Waals surface area contributed by atoms with Crippen LogP contribution in [0, 0.1) is 5.92 Å². The van der Waals surface area contributed by atoms with Crippen LogP contribution >= 0.6 is 0 Å². The SMILES string of the molecule is C=CC(=O)N1CCC[C@@H](Nc2n[nH]c3nccc(Oc4ccc(C(=O)N5CCCC(C)C5)cc4)c23)C1. The molecule has 2 aliphatic rings. The summed E-state index contributed by atoms with van der Waals surface area (Å²) in [5.41, 5.74) is 1.27. The van der Waals surface area contributed by atoms with Crippen molar-refractivity contribution in [2.45, 2.75) is 38.6 Å². The number of benzene rings is 1. The van der Waals surface area contributed by atoms with Crippen molar-refractivity contribution in [1.29, 1.82) is 0 Å². The smallest absolute Gasteiger partial charge is 0.253 e. The lowest BCUT2D eigenvalue weighted by Gasteiger charge is -2.32. The number of amides is 2. The van der Waals surface area contributed by atoms with Crippen LogP contribution in [-0.4, -0.2) is 69.0 Å². The molecule has 2 N–H and O–H groups in total. The average molecular weight is 489 g/mol. The molecule has 0 spiro atoms. The van der Waals surface area contributed by atoms with Crippen molar-refractivity contribution < 1.29 is 14.3 Å². The van der Waals surface area contributed by atoms with E-state index in [0.29, 0.717) is 41.0 Å². The molecule has 2 atom stereocenters. The molecule has 2 aliphatic heterocycles. The number of fused-ring (bicyclic) bond motifs is 1. The second-order valence-corrected chi connectivity index (χ2v) is 9.70. The van der Waals surface area contributed by atoms with Gasteiger partial charge in [0.2, 0.25) is 5.91 Å². The van der Waals surface area contributed by atoms with Gasteiger partial charge in [0.05, 0.1) is 0 Å². The van der Waals surface area contributed by atoms with Gasteiger partial charge in [0.1, 0.15) is 16.9 Å². The van der Waals surface area contributed by atoms with Crippen molar-refractivity contribution in [3.8, 4) is 11.5 Å². The van der Waals surface area contributed by atoms with E-state index in [4.69, 9.17) is 4.74 Å². The Hall–Kier alpha value is -3.88. The fraction of sp³-hybridized carbons (Fsp3) is 0.407. The van der Waals surface area contributed by atoms with Crippen molar-refractivity contribution >= 4 is 28.7 Å². The molecule has 188 valence electrons. The number of pyridine rings is 1. The third-order valence-electron chi connectivity index (χ3n) is 6.94. The number of carbonyl (C=O) groups excluding carboxylic acids is 2. The van der Waals surface area contributed by atoms with Crippen molar-refractivity contribution in [2.75, 3.05) is 31.5 Å². The van der Waals surface area contributed by atoms with Gasteiger partial charge in [-0.2, -0.15) is 5.10 Å². The number of nitrogens with zero attached hydrogens (tertiary/aromatic N) is 4. The lowest BCUT2D eigenvalue weighted by Crippen LogP contribution is -2.44. The molecule has 2 amide bonds. The molecule has 2 fully saturated rings. The number of likely N-dealkylation sites (tertiary alicyclic amines) is 2. The van der Waals surface area contributed by atoms with E-state index in [1.807, 2.05) is 29.2 Å². The van der Waals surface area contributed by atoms with Gasteiger partial charge in [-0.1, -0.05) is 13.5 Å². The number of rotatable bonds is 6. The monoisotopic (exact) mass is 488 g/mol. The summed E-state index contributed by atoms with van der Waals surface area (Å²) in [6, 6.07) is 9.13. The Bertz CT molecular complexity index is 1250. The summed E-state index contributed by atoms with van der Waals surface area (Å²) < 4.78 is 6.21. The number of carbonyl (C=O) groups is 2. The van der Waals surface area contributed by atoms with Gasteiger partial charge in [-0.3, -0.25) is 14.7 Å². The maximum Gasteiger partial charge on any atom is 0.253 e. The molecule has 9 nitrogen and oxygen atoms in total. The highest BCUT2D eigenvalue weighted by Gasteiger charge is 2.25. The third kappa shape index (κ3) is 5.05. The Morgan fingerprint density at radius 1 is 1.11 bits per heavy atom. The van der Waals surface area contributed by atoms with Crippen LogP contribution in [0.25, 0.3) is 11.0 Å². The van der Waals surface area contributed by atoms with Crippen LogP contribution in [0.5, 0.6) is 11.5 Å². The van der Waals surface area contributed by atoms with Gasteiger partial charge < -0.3 is 19.9 Å². The number of nitrogens with one attached hydrogen (secondary N) is 2. The first-order chi connectivity index (χ1) is 17.5. The first-order valence-electron chi connectivity index (χ1n) is 12.6. The van der Waals surface area contributed by atoms with Crippen LogP contribution < -0.4 is 10.1 Å². The maximum absolute atomic E-state index is 12.9. The minimum absolute atomic E-state index is 0.0594. The second kappa shape index (κ2) is 10.4. The zero-order chi connectivity index (χ0) is 25.1. The van der Waals surface area contributed by atoms with E-state index in [-0.39, 0.29) is 17.9 Å². The number of hydrogen-bond donors (Lipinski definition) is 2. The molecule has 4 heterocycles. The number of anilines is 1. The first kappa shape index (κ1) is 23.8. The Morgan fingerprint density at radius 3 is 2.67 bits per heavy atom. The molecule has 0 saturated carbocycles. The molecular weight excluding hydrogens is 456 g/mol. The van der Waals surface area contributed by atoms with E-state index < -0.39 is 0 Å². The number of ether oxygens (including phenoxy) is 1. The van der Waals surface area contributed by atoms with Gasteiger partial charge in [-0.05, 0) is 61.9 Å². The molecule has 0 bridgehead atoms. The molecule has 0 aliphatic carbocycles. The minimum atomic E-state index is -0.0594. The Kier molecular flexibility index (Phi) is 6.88. The van der Waals surface area contributed by atoms with Crippen molar-refractivity contribution in [3.05, 3.63) is 54.7 Å². The van der Waals surface area contributed by atoms with Gasteiger partial charge in [0.25, 0.3) is 5.91 Å². The van der Waals surface area contributed by atoms with Crippen LogP contribution in [0.4, 0.5) is 5.82 Å². The first-order valence-corrected chi connectivity index (χ1v) is 12.6. The molecule has 1 aromatic carbocycles. The van der Waals surface area contributed by atoms with E-state index in [2.05, 4.69) is 34.0 Å². The standard InChI is InChI=1S/C27H32N6O3/c1-3-23(34)32-14-5-7-20(17-32)29-26-24-22(12-13-28-25(24)30-31-26)36-21-10-8-19(9-11-21)27(35)33-15-4-6-18(2)16-33/h3,8-13,18,20H,1,4-7,14-17H2,2H3,(H2,28,29,30,31)/t18?,20-/m1/s1. The summed E-state index contributed by atoms with van der Waals surface area (Å²) in [5.74, 6) is 2.41.